The maximum absolute atomic E-state index is 9.04. The zero-order chi connectivity index (χ0) is 8.97. The van der Waals surface area contributed by atoms with Gasteiger partial charge in [0.2, 0.25) is 0 Å². The summed E-state index contributed by atoms with van der Waals surface area (Å²) in [5.41, 5.74) is 0.887. The molecule has 1 aromatic rings. The van der Waals surface area contributed by atoms with Crippen LogP contribution >= 0.6 is 0 Å². The van der Waals surface area contributed by atoms with Crippen LogP contribution in [0.15, 0.2) is 6.20 Å². The van der Waals surface area contributed by atoms with Crippen LogP contribution in [0.1, 0.15) is 12.6 Å². The zero-order valence-corrected chi connectivity index (χ0v) is 7.36. The van der Waals surface area contributed by atoms with E-state index in [4.69, 9.17) is 5.11 Å². The van der Waals surface area contributed by atoms with Crippen LogP contribution < -0.4 is 5.32 Å². The summed E-state index contributed by atoms with van der Waals surface area (Å²) < 4.78 is 1.64. The van der Waals surface area contributed by atoms with Crippen LogP contribution in [0.25, 0.3) is 0 Å². The van der Waals surface area contributed by atoms with Crippen molar-refractivity contribution in [2.24, 2.45) is 0 Å². The first kappa shape index (κ1) is 9.15. The highest BCUT2D eigenvalue weighted by atomic mass is 16.3. The molecule has 0 spiro atoms. The second-order valence-corrected chi connectivity index (χ2v) is 2.81. The van der Waals surface area contributed by atoms with Crippen LogP contribution in [0.4, 0.5) is 0 Å². The van der Waals surface area contributed by atoms with Crippen LogP contribution in [-0.4, -0.2) is 33.3 Å². The van der Waals surface area contributed by atoms with Gasteiger partial charge in [-0.25, -0.2) is 4.68 Å². The Hall–Kier alpha value is -0.940. The van der Waals surface area contributed by atoms with E-state index in [1.165, 1.54) is 0 Å². The molecule has 1 aromatic heterocycles. The number of nitrogens with one attached hydrogen (secondary N) is 1. The molecule has 0 aliphatic heterocycles. The largest absolute Gasteiger partial charge is 0.391 e. The van der Waals surface area contributed by atoms with Crippen molar-refractivity contribution in [2.75, 3.05) is 7.05 Å². The molecule has 1 atom stereocenters. The Bertz CT molecular complexity index is 233. The second kappa shape index (κ2) is 4.18. The predicted octanol–water partition coefficient (Wildman–Crippen LogP) is -0.622. The first-order chi connectivity index (χ1) is 5.72. The Morgan fingerprint density at radius 3 is 3.08 bits per heavy atom. The Morgan fingerprint density at radius 2 is 2.50 bits per heavy atom. The molecule has 1 unspecified atom stereocenters. The van der Waals surface area contributed by atoms with Crippen LogP contribution in [0.2, 0.25) is 0 Å². The lowest BCUT2D eigenvalue weighted by Crippen LogP contribution is -2.12. The number of hydrogen-bond acceptors (Lipinski definition) is 4. The summed E-state index contributed by atoms with van der Waals surface area (Å²) in [6.45, 7) is 2.93. The molecule has 0 saturated heterocycles. The molecule has 68 valence electrons. The van der Waals surface area contributed by atoms with Crippen molar-refractivity contribution in [3.8, 4) is 0 Å². The third kappa shape index (κ3) is 2.60. The summed E-state index contributed by atoms with van der Waals surface area (Å²) >= 11 is 0. The Kier molecular flexibility index (Phi) is 3.19. The van der Waals surface area contributed by atoms with Gasteiger partial charge in [0.15, 0.2) is 0 Å². The fourth-order valence-corrected chi connectivity index (χ4v) is 0.961. The standard InChI is InChI=1S/C7H14N4O/c1-6(12)4-11-5-7(3-8-2)9-10-11/h5-6,8,12H,3-4H2,1-2H3. The lowest BCUT2D eigenvalue weighted by molar-refractivity contribution is 0.167. The van der Waals surface area contributed by atoms with Gasteiger partial charge >= 0.3 is 0 Å². The topological polar surface area (TPSA) is 63.0 Å². The minimum absolute atomic E-state index is 0.380. The zero-order valence-electron chi connectivity index (χ0n) is 7.36. The molecule has 1 rings (SSSR count). The van der Waals surface area contributed by atoms with Crippen molar-refractivity contribution in [1.82, 2.24) is 20.3 Å². The van der Waals surface area contributed by atoms with E-state index in [0.717, 1.165) is 5.69 Å². The SMILES string of the molecule is CNCc1cn(CC(C)O)nn1. The minimum Gasteiger partial charge on any atom is -0.391 e. The predicted molar refractivity (Wildman–Crippen MR) is 44.5 cm³/mol. The van der Waals surface area contributed by atoms with E-state index in [-0.39, 0.29) is 6.10 Å². The van der Waals surface area contributed by atoms with E-state index in [0.29, 0.717) is 13.1 Å². The fraction of sp³-hybridized carbons (Fsp3) is 0.714. The fourth-order valence-electron chi connectivity index (χ4n) is 0.961. The first-order valence-corrected chi connectivity index (χ1v) is 3.94. The van der Waals surface area contributed by atoms with Crippen molar-refractivity contribution in [1.29, 1.82) is 0 Å². The summed E-state index contributed by atoms with van der Waals surface area (Å²) in [4.78, 5) is 0. The summed E-state index contributed by atoms with van der Waals surface area (Å²) in [5.74, 6) is 0. The minimum atomic E-state index is -0.380. The highest BCUT2D eigenvalue weighted by molar-refractivity contribution is 4.91. The monoisotopic (exact) mass is 170 g/mol. The van der Waals surface area contributed by atoms with E-state index >= 15 is 0 Å². The summed E-state index contributed by atoms with van der Waals surface area (Å²) in [7, 11) is 1.85. The molecule has 0 aliphatic rings. The molecular weight excluding hydrogens is 156 g/mol. The molecule has 0 aliphatic carbocycles. The quantitative estimate of drug-likeness (QED) is 0.632. The molecule has 5 nitrogen and oxygen atoms in total. The van der Waals surface area contributed by atoms with Gasteiger partial charge in [-0.1, -0.05) is 5.21 Å². The Balaban J connectivity index is 2.52. The Morgan fingerprint density at radius 1 is 1.75 bits per heavy atom. The normalized spacial score (nSPS) is 13.2. The number of aromatic nitrogens is 3. The van der Waals surface area contributed by atoms with E-state index < -0.39 is 0 Å². The molecule has 1 heterocycles. The van der Waals surface area contributed by atoms with Gasteiger partial charge in [-0.3, -0.25) is 0 Å². The van der Waals surface area contributed by atoms with Gasteiger partial charge < -0.3 is 10.4 Å². The molecule has 12 heavy (non-hydrogen) atoms. The number of nitrogens with zero attached hydrogens (tertiary/aromatic N) is 3. The molecule has 0 aromatic carbocycles. The van der Waals surface area contributed by atoms with Crippen molar-refractivity contribution in [3.05, 3.63) is 11.9 Å². The van der Waals surface area contributed by atoms with Crippen molar-refractivity contribution in [3.63, 3.8) is 0 Å². The highest BCUT2D eigenvalue weighted by Gasteiger charge is 2.01. The lowest BCUT2D eigenvalue weighted by atomic mass is 10.4. The average molecular weight is 170 g/mol. The molecule has 2 N–H and O–H groups in total. The van der Waals surface area contributed by atoms with Crippen LogP contribution in [0.3, 0.4) is 0 Å². The number of rotatable bonds is 4. The van der Waals surface area contributed by atoms with Crippen molar-refractivity contribution in [2.45, 2.75) is 26.1 Å². The summed E-state index contributed by atoms with van der Waals surface area (Å²) in [6.07, 6.45) is 1.44. The van der Waals surface area contributed by atoms with Gasteiger partial charge in [-0.05, 0) is 14.0 Å². The molecular formula is C7H14N4O. The third-order valence-corrected chi connectivity index (χ3v) is 1.40. The highest BCUT2D eigenvalue weighted by Crippen LogP contribution is 1.93. The maximum atomic E-state index is 9.04. The molecule has 0 bridgehead atoms. The molecule has 5 heteroatoms. The van der Waals surface area contributed by atoms with Gasteiger partial charge in [0.05, 0.1) is 18.3 Å². The number of aliphatic hydroxyl groups excluding tert-OH is 1. The third-order valence-electron chi connectivity index (χ3n) is 1.40. The number of hydrogen-bond donors (Lipinski definition) is 2. The summed E-state index contributed by atoms with van der Waals surface area (Å²) in [6, 6.07) is 0. The average Bonchev–Trinajstić information content (AvgIpc) is 2.36. The van der Waals surface area contributed by atoms with Crippen LogP contribution in [-0.2, 0) is 13.1 Å². The van der Waals surface area contributed by atoms with E-state index in [2.05, 4.69) is 15.6 Å². The molecule has 0 fully saturated rings. The summed E-state index contributed by atoms with van der Waals surface area (Å²) in [5, 5.41) is 19.8. The second-order valence-electron chi connectivity index (χ2n) is 2.81. The smallest absolute Gasteiger partial charge is 0.0964 e. The number of aliphatic hydroxyl groups is 1. The molecule has 0 radical (unpaired) electrons. The molecule has 0 saturated carbocycles. The van der Waals surface area contributed by atoms with Gasteiger partial charge in [0, 0.05) is 12.7 Å². The van der Waals surface area contributed by atoms with Gasteiger partial charge in [-0.2, -0.15) is 0 Å². The van der Waals surface area contributed by atoms with E-state index in [1.807, 2.05) is 13.2 Å². The van der Waals surface area contributed by atoms with E-state index in [1.54, 1.807) is 11.6 Å². The molecule has 0 amide bonds. The van der Waals surface area contributed by atoms with Crippen molar-refractivity contribution >= 4 is 0 Å². The van der Waals surface area contributed by atoms with Gasteiger partial charge in [0.25, 0.3) is 0 Å². The lowest BCUT2D eigenvalue weighted by Gasteiger charge is -2.01. The van der Waals surface area contributed by atoms with Crippen molar-refractivity contribution < 1.29 is 5.11 Å². The van der Waals surface area contributed by atoms with Gasteiger partial charge in [0.1, 0.15) is 0 Å². The van der Waals surface area contributed by atoms with Crippen LogP contribution in [0.5, 0.6) is 0 Å². The van der Waals surface area contributed by atoms with Gasteiger partial charge in [-0.15, -0.1) is 5.10 Å². The maximum Gasteiger partial charge on any atom is 0.0964 e. The Labute approximate surface area is 71.4 Å². The van der Waals surface area contributed by atoms with Crippen LogP contribution in [0, 0.1) is 0 Å². The first-order valence-electron chi connectivity index (χ1n) is 3.94. The van der Waals surface area contributed by atoms with E-state index in [9.17, 15) is 0 Å².